The van der Waals surface area contributed by atoms with E-state index in [1.165, 1.54) is 0 Å². The molecule has 5 nitrogen and oxygen atoms in total. The number of carbonyl (C=O) groups excluding carboxylic acids is 2. The molecule has 0 bridgehead atoms. The highest BCUT2D eigenvalue weighted by molar-refractivity contribution is 6.11. The van der Waals surface area contributed by atoms with Gasteiger partial charge in [-0.2, -0.15) is 0 Å². The molecule has 2 amide bonds. The van der Waals surface area contributed by atoms with Crippen LogP contribution in [0.1, 0.15) is 45.2 Å². The molecule has 1 aliphatic heterocycles. The number of hydrogen-bond donors (Lipinski definition) is 1. The van der Waals surface area contributed by atoms with Crippen LogP contribution in [0.3, 0.4) is 0 Å². The number of nitrogens with one attached hydrogen (secondary N) is 1. The second-order valence-electron chi connectivity index (χ2n) is 7.44. The maximum atomic E-state index is 13.1. The third kappa shape index (κ3) is 3.90. The Morgan fingerprint density at radius 1 is 1.03 bits per heavy atom. The summed E-state index contributed by atoms with van der Waals surface area (Å²) in [6.45, 7) is 4.47. The number of pyridine rings is 1. The number of amides is 2. The fraction of sp³-hybridized carbons (Fsp3) is 0.208. The normalized spacial score (nSPS) is 15.3. The smallest absolute Gasteiger partial charge is 0.260 e. The van der Waals surface area contributed by atoms with E-state index >= 15 is 0 Å². The zero-order valence-electron chi connectivity index (χ0n) is 16.6. The summed E-state index contributed by atoms with van der Waals surface area (Å²) >= 11 is 0. The third-order valence-corrected chi connectivity index (χ3v) is 5.15. The van der Waals surface area contributed by atoms with Crippen LogP contribution in [0.25, 0.3) is 0 Å². The van der Waals surface area contributed by atoms with Gasteiger partial charge in [0.1, 0.15) is 0 Å². The van der Waals surface area contributed by atoms with E-state index in [9.17, 15) is 9.59 Å². The summed E-state index contributed by atoms with van der Waals surface area (Å²) in [7, 11) is 0. The van der Waals surface area contributed by atoms with Crippen molar-refractivity contribution in [2.45, 2.75) is 32.9 Å². The summed E-state index contributed by atoms with van der Waals surface area (Å²) in [5.74, 6) is -0.226. The van der Waals surface area contributed by atoms with Crippen LogP contribution in [0.2, 0.25) is 0 Å². The number of nitrogens with zero attached hydrogens (tertiary/aromatic N) is 2. The fourth-order valence-electron chi connectivity index (χ4n) is 3.79. The molecule has 5 heteroatoms. The van der Waals surface area contributed by atoms with E-state index in [2.05, 4.69) is 16.4 Å². The molecule has 2 aromatic carbocycles. The van der Waals surface area contributed by atoms with Crippen LogP contribution in [0.5, 0.6) is 0 Å². The lowest BCUT2D eigenvalue weighted by Gasteiger charge is -2.25. The highest BCUT2D eigenvalue weighted by Gasteiger charge is 2.39. The zero-order valence-corrected chi connectivity index (χ0v) is 16.6. The second kappa shape index (κ2) is 7.87. The van der Waals surface area contributed by atoms with Crippen molar-refractivity contribution >= 4 is 17.5 Å². The van der Waals surface area contributed by atoms with Gasteiger partial charge in [0.25, 0.3) is 5.91 Å². The van der Waals surface area contributed by atoms with E-state index in [1.54, 1.807) is 23.2 Å². The molecule has 1 atom stereocenters. The van der Waals surface area contributed by atoms with Gasteiger partial charge < -0.3 is 5.32 Å². The molecule has 0 spiro atoms. The van der Waals surface area contributed by atoms with Gasteiger partial charge >= 0.3 is 0 Å². The molecular formula is C24H23N3O2. The predicted octanol–water partition coefficient (Wildman–Crippen LogP) is 4.11. The minimum atomic E-state index is -0.419. The summed E-state index contributed by atoms with van der Waals surface area (Å²) < 4.78 is 0. The highest BCUT2D eigenvalue weighted by atomic mass is 16.2. The third-order valence-electron chi connectivity index (χ3n) is 5.15. The molecule has 2 heterocycles. The molecule has 0 saturated carbocycles. The first-order chi connectivity index (χ1) is 14.0. The number of carbonyl (C=O) groups is 2. The van der Waals surface area contributed by atoms with E-state index in [1.807, 2.05) is 56.3 Å². The molecule has 1 aliphatic rings. The number of fused-ring (bicyclic) bond motifs is 1. The van der Waals surface area contributed by atoms with Gasteiger partial charge in [0.05, 0.1) is 23.7 Å². The summed E-state index contributed by atoms with van der Waals surface area (Å²) in [6, 6.07) is 18.9. The first-order valence-corrected chi connectivity index (χ1v) is 9.70. The predicted molar refractivity (Wildman–Crippen MR) is 113 cm³/mol. The van der Waals surface area contributed by atoms with E-state index in [0.29, 0.717) is 17.8 Å². The van der Waals surface area contributed by atoms with E-state index in [4.69, 9.17) is 0 Å². The molecule has 0 aliphatic carbocycles. The SMILES string of the molecule is Cc1cccc(CNC(=O)CC2c3ncccc3C(=O)N2c2cccc(C)c2)c1. The topological polar surface area (TPSA) is 62.3 Å². The average Bonchev–Trinajstić information content (AvgIpc) is 2.98. The monoisotopic (exact) mass is 385 g/mol. The van der Waals surface area contributed by atoms with Gasteiger partial charge in [-0.05, 0) is 49.2 Å². The number of aryl methyl sites for hydroxylation is 2. The molecule has 1 N–H and O–H groups in total. The molecule has 1 unspecified atom stereocenters. The Morgan fingerprint density at radius 2 is 1.79 bits per heavy atom. The maximum absolute atomic E-state index is 13.1. The Kier molecular flexibility index (Phi) is 5.12. The van der Waals surface area contributed by atoms with Crippen LogP contribution < -0.4 is 10.2 Å². The van der Waals surface area contributed by atoms with Crippen molar-refractivity contribution in [2.24, 2.45) is 0 Å². The van der Waals surface area contributed by atoms with Crippen LogP contribution in [-0.4, -0.2) is 16.8 Å². The standard InChI is InChI=1S/C24H23N3O2/c1-16-6-3-8-18(12-16)15-26-22(28)14-21-23-20(10-5-11-25-23)24(29)27(21)19-9-4-7-17(2)13-19/h3-13,21H,14-15H2,1-2H3,(H,26,28). The van der Waals surface area contributed by atoms with Crippen molar-refractivity contribution < 1.29 is 9.59 Å². The molecular weight excluding hydrogens is 362 g/mol. The van der Waals surface area contributed by atoms with Crippen LogP contribution in [0.4, 0.5) is 5.69 Å². The second-order valence-corrected chi connectivity index (χ2v) is 7.44. The van der Waals surface area contributed by atoms with Crippen molar-refractivity contribution in [1.29, 1.82) is 0 Å². The zero-order chi connectivity index (χ0) is 20.4. The van der Waals surface area contributed by atoms with Gasteiger partial charge in [0.15, 0.2) is 0 Å². The first kappa shape index (κ1) is 18.9. The lowest BCUT2D eigenvalue weighted by atomic mass is 10.1. The van der Waals surface area contributed by atoms with Gasteiger partial charge in [-0.3, -0.25) is 19.5 Å². The highest BCUT2D eigenvalue weighted by Crippen LogP contribution is 2.38. The number of anilines is 1. The Balaban J connectivity index is 1.57. The van der Waals surface area contributed by atoms with Crippen molar-refractivity contribution in [3.8, 4) is 0 Å². The van der Waals surface area contributed by atoms with E-state index in [-0.39, 0.29) is 18.2 Å². The molecule has 29 heavy (non-hydrogen) atoms. The Bertz CT molecular complexity index is 1080. The van der Waals surface area contributed by atoms with Crippen LogP contribution in [0.15, 0.2) is 66.9 Å². The van der Waals surface area contributed by atoms with Crippen LogP contribution in [-0.2, 0) is 11.3 Å². The number of hydrogen-bond acceptors (Lipinski definition) is 3. The van der Waals surface area contributed by atoms with Crippen molar-refractivity contribution in [1.82, 2.24) is 10.3 Å². The van der Waals surface area contributed by atoms with E-state index in [0.717, 1.165) is 22.4 Å². The van der Waals surface area contributed by atoms with Crippen molar-refractivity contribution in [3.05, 3.63) is 94.8 Å². The summed E-state index contributed by atoms with van der Waals surface area (Å²) in [6.07, 6.45) is 1.83. The molecule has 146 valence electrons. The molecule has 3 aromatic rings. The van der Waals surface area contributed by atoms with Gasteiger partial charge in [-0.25, -0.2) is 0 Å². The fourth-order valence-corrected chi connectivity index (χ4v) is 3.79. The largest absolute Gasteiger partial charge is 0.352 e. The van der Waals surface area contributed by atoms with E-state index < -0.39 is 6.04 Å². The lowest BCUT2D eigenvalue weighted by molar-refractivity contribution is -0.121. The maximum Gasteiger partial charge on any atom is 0.260 e. The van der Waals surface area contributed by atoms with Gasteiger partial charge in [0, 0.05) is 18.4 Å². The Morgan fingerprint density at radius 3 is 2.55 bits per heavy atom. The number of benzene rings is 2. The van der Waals surface area contributed by atoms with Gasteiger partial charge in [-0.1, -0.05) is 42.0 Å². The lowest BCUT2D eigenvalue weighted by Crippen LogP contribution is -2.33. The number of aromatic nitrogens is 1. The molecule has 0 fully saturated rings. The number of rotatable bonds is 5. The first-order valence-electron chi connectivity index (χ1n) is 9.70. The van der Waals surface area contributed by atoms with Crippen LogP contribution in [0, 0.1) is 13.8 Å². The van der Waals surface area contributed by atoms with Gasteiger partial charge in [0.2, 0.25) is 5.91 Å². The van der Waals surface area contributed by atoms with Crippen molar-refractivity contribution in [2.75, 3.05) is 4.90 Å². The van der Waals surface area contributed by atoms with Crippen LogP contribution >= 0.6 is 0 Å². The summed E-state index contributed by atoms with van der Waals surface area (Å²) in [4.78, 5) is 31.9. The van der Waals surface area contributed by atoms with Gasteiger partial charge in [-0.15, -0.1) is 0 Å². The van der Waals surface area contributed by atoms with Crippen molar-refractivity contribution in [3.63, 3.8) is 0 Å². The summed E-state index contributed by atoms with van der Waals surface area (Å²) in [5.41, 5.74) is 5.26. The Hall–Kier alpha value is -3.47. The Labute approximate surface area is 170 Å². The molecule has 0 radical (unpaired) electrons. The summed E-state index contributed by atoms with van der Waals surface area (Å²) in [5, 5.41) is 2.98. The minimum Gasteiger partial charge on any atom is -0.352 e. The quantitative estimate of drug-likeness (QED) is 0.719. The average molecular weight is 385 g/mol. The molecule has 1 aromatic heterocycles. The molecule has 4 rings (SSSR count). The molecule has 0 saturated heterocycles. The minimum absolute atomic E-state index is 0.111.